The largest absolute Gasteiger partial charge is 0.435 e. The fourth-order valence-corrected chi connectivity index (χ4v) is 8.06. The van der Waals surface area contributed by atoms with Crippen LogP contribution in [-0.4, -0.2) is 61.0 Å². The number of carbonyl (C=O) groups excluding carboxylic acids is 1. The Balaban J connectivity index is 1.97. The van der Waals surface area contributed by atoms with E-state index in [1.807, 2.05) is 0 Å². The molecule has 42 heavy (non-hydrogen) atoms. The summed E-state index contributed by atoms with van der Waals surface area (Å²) in [5, 5.41) is 10.0. The molecule has 0 aromatic heterocycles. The second-order valence-corrected chi connectivity index (χ2v) is 12.5. The maximum Gasteiger partial charge on any atom is 0.435 e. The molecule has 0 spiro atoms. The third-order valence-corrected chi connectivity index (χ3v) is 10.4. The number of carbonyl (C=O) groups is 1. The molecular weight excluding hydrogens is 619 g/mol. The first-order valence-electron chi connectivity index (χ1n) is 12.0. The number of amides is 1. The molecule has 2 aromatic rings. The van der Waals surface area contributed by atoms with Crippen LogP contribution in [0.15, 0.2) is 47.4 Å². The molecule has 1 aliphatic carbocycles. The lowest BCUT2D eigenvalue weighted by Gasteiger charge is -2.44. The Morgan fingerprint density at radius 2 is 1.45 bits per heavy atom. The van der Waals surface area contributed by atoms with Gasteiger partial charge in [0.05, 0.1) is 10.9 Å². The number of aliphatic hydroxyl groups is 1. The normalized spacial score (nSPS) is 23.3. The highest BCUT2D eigenvalue weighted by Gasteiger charge is 2.74. The Bertz CT molecular complexity index is 1480. The summed E-state index contributed by atoms with van der Waals surface area (Å²) >= 11 is 0. The van der Waals surface area contributed by atoms with Gasteiger partial charge in [0.2, 0.25) is 5.60 Å². The van der Waals surface area contributed by atoms with Crippen molar-refractivity contribution in [3.63, 3.8) is 0 Å². The smallest absolute Gasteiger partial charge is 0.373 e. The summed E-state index contributed by atoms with van der Waals surface area (Å²) in [4.78, 5) is 12.8. The molecule has 2 aromatic carbocycles. The monoisotopic (exact) mass is 639 g/mol. The van der Waals surface area contributed by atoms with Gasteiger partial charge < -0.3 is 10.0 Å². The van der Waals surface area contributed by atoms with Crippen LogP contribution in [0.2, 0.25) is 0 Å². The second-order valence-electron chi connectivity index (χ2n) is 10.2. The standard InChI is InChI=1S/C25H20F11NO4S/c1-20(39,23(28,29)30)19(38)37-11-10-21(42(40,41)16-6-4-15(26)5-7-16)17-8-3-14(12-13(17)2-9-18(21)37)22(27,24(31,32)33)25(34,35)36/h3-8,12,18,39H,2,9-11H2,1H3/t18-,20+,21-/m1/s1. The van der Waals surface area contributed by atoms with Crippen molar-refractivity contribution in [2.75, 3.05) is 6.54 Å². The Labute approximate surface area is 230 Å². The van der Waals surface area contributed by atoms with E-state index >= 15 is 0 Å². The van der Waals surface area contributed by atoms with Crippen molar-refractivity contribution >= 4 is 15.7 Å². The van der Waals surface area contributed by atoms with Gasteiger partial charge in [0.25, 0.3) is 5.91 Å². The minimum absolute atomic E-state index is 0.0838. The highest BCUT2D eigenvalue weighted by Crippen LogP contribution is 2.57. The SMILES string of the molecule is C[C@](O)(C(=O)N1CC[C@@]2(S(=O)(=O)c3ccc(F)cc3)c3ccc(C(F)(C(F)(F)F)C(F)(F)F)cc3CC[C@@H]12)C(F)(F)F. The van der Waals surface area contributed by atoms with Crippen molar-refractivity contribution in [1.82, 2.24) is 4.90 Å². The molecule has 5 nitrogen and oxygen atoms in total. The molecule has 17 heteroatoms. The van der Waals surface area contributed by atoms with Crippen LogP contribution in [-0.2, 0) is 31.5 Å². The summed E-state index contributed by atoms with van der Waals surface area (Å²) in [7, 11) is -4.90. The summed E-state index contributed by atoms with van der Waals surface area (Å²) in [6.45, 7) is -0.586. The van der Waals surface area contributed by atoms with E-state index in [0.29, 0.717) is 11.0 Å². The van der Waals surface area contributed by atoms with Gasteiger partial charge in [0.1, 0.15) is 10.6 Å². The number of rotatable bonds is 4. The number of hydrogen-bond donors (Lipinski definition) is 1. The number of alkyl halides is 10. The van der Waals surface area contributed by atoms with Crippen molar-refractivity contribution in [2.24, 2.45) is 0 Å². The zero-order valence-electron chi connectivity index (χ0n) is 21.1. The zero-order chi connectivity index (χ0) is 31.9. The fraction of sp³-hybridized carbons (Fsp3) is 0.480. The summed E-state index contributed by atoms with van der Waals surface area (Å²) in [5.41, 5.74) is -12.7. The average Bonchev–Trinajstić information content (AvgIpc) is 3.27. The lowest BCUT2D eigenvalue weighted by molar-refractivity contribution is -0.348. The molecule has 1 saturated heterocycles. The molecule has 1 fully saturated rings. The third kappa shape index (κ3) is 4.36. The van der Waals surface area contributed by atoms with Gasteiger partial charge in [-0.3, -0.25) is 4.79 Å². The Morgan fingerprint density at radius 3 is 1.95 bits per heavy atom. The van der Waals surface area contributed by atoms with Crippen molar-refractivity contribution in [3.8, 4) is 0 Å². The first-order chi connectivity index (χ1) is 18.9. The predicted octanol–water partition coefficient (Wildman–Crippen LogP) is 5.64. The molecule has 0 radical (unpaired) electrons. The van der Waals surface area contributed by atoms with Crippen LogP contribution < -0.4 is 0 Å². The number of halogens is 11. The maximum absolute atomic E-state index is 14.8. The van der Waals surface area contributed by atoms with Crippen LogP contribution in [0.3, 0.4) is 0 Å². The predicted molar refractivity (Wildman–Crippen MR) is 122 cm³/mol. The summed E-state index contributed by atoms with van der Waals surface area (Å²) < 4.78 is 175. The number of likely N-dealkylation sites (tertiary alicyclic amines) is 1. The molecule has 3 atom stereocenters. The Hall–Kier alpha value is -2.95. The highest BCUT2D eigenvalue weighted by molar-refractivity contribution is 7.92. The third-order valence-electron chi connectivity index (χ3n) is 7.90. The number of sulfone groups is 1. The number of nitrogens with zero attached hydrogens (tertiary/aromatic N) is 1. The molecule has 1 aliphatic heterocycles. The quantitative estimate of drug-likeness (QED) is 0.347. The van der Waals surface area contributed by atoms with Gasteiger partial charge in [-0.2, -0.15) is 39.5 Å². The van der Waals surface area contributed by atoms with Gasteiger partial charge in [-0.1, -0.05) is 18.2 Å². The average molecular weight is 639 g/mol. The molecule has 1 amide bonds. The van der Waals surface area contributed by atoms with Crippen LogP contribution in [0.4, 0.5) is 48.3 Å². The van der Waals surface area contributed by atoms with Crippen molar-refractivity contribution < 1.29 is 66.6 Å². The van der Waals surface area contributed by atoms with E-state index in [2.05, 4.69) is 0 Å². The van der Waals surface area contributed by atoms with E-state index in [4.69, 9.17) is 0 Å². The van der Waals surface area contributed by atoms with E-state index in [9.17, 15) is 66.6 Å². The highest BCUT2D eigenvalue weighted by atomic mass is 32.2. The molecule has 232 valence electrons. The van der Waals surface area contributed by atoms with Crippen molar-refractivity contribution in [2.45, 2.75) is 71.7 Å². The van der Waals surface area contributed by atoms with Gasteiger partial charge in [0, 0.05) is 12.1 Å². The summed E-state index contributed by atoms with van der Waals surface area (Å²) in [6, 6.07) is 2.12. The molecule has 0 bridgehead atoms. The topological polar surface area (TPSA) is 74.7 Å². The first-order valence-corrected chi connectivity index (χ1v) is 13.5. The minimum Gasteiger partial charge on any atom is -0.373 e. The van der Waals surface area contributed by atoms with E-state index in [1.54, 1.807) is 0 Å². The summed E-state index contributed by atoms with van der Waals surface area (Å²) in [5.74, 6) is -2.83. The van der Waals surface area contributed by atoms with Gasteiger partial charge in [-0.05, 0) is 61.6 Å². The molecule has 0 saturated carbocycles. The number of benzene rings is 2. The van der Waals surface area contributed by atoms with E-state index in [0.717, 1.165) is 24.3 Å². The molecule has 4 rings (SSSR count). The molecular formula is C25H20F11NO4S. The second kappa shape index (κ2) is 9.53. The Kier molecular flexibility index (Phi) is 7.25. The van der Waals surface area contributed by atoms with Gasteiger partial charge >= 0.3 is 24.2 Å². The molecule has 2 aliphatic rings. The number of hydrogen-bond acceptors (Lipinski definition) is 4. The van der Waals surface area contributed by atoms with Crippen LogP contribution >= 0.6 is 0 Å². The van der Waals surface area contributed by atoms with E-state index < -0.39 is 110 Å². The van der Waals surface area contributed by atoms with E-state index in [-0.39, 0.29) is 19.1 Å². The van der Waals surface area contributed by atoms with Gasteiger partial charge in [0.15, 0.2) is 9.84 Å². The van der Waals surface area contributed by atoms with Crippen molar-refractivity contribution in [1.29, 1.82) is 0 Å². The fourth-order valence-electron chi connectivity index (χ4n) is 5.70. The number of aryl methyl sites for hydroxylation is 1. The molecule has 1 heterocycles. The van der Waals surface area contributed by atoms with Crippen LogP contribution in [0.25, 0.3) is 0 Å². The zero-order valence-corrected chi connectivity index (χ0v) is 21.9. The van der Waals surface area contributed by atoms with Gasteiger partial charge in [-0.25, -0.2) is 17.2 Å². The van der Waals surface area contributed by atoms with Crippen LogP contribution in [0, 0.1) is 5.82 Å². The molecule has 1 N–H and O–H groups in total. The lowest BCUT2D eigenvalue weighted by Crippen LogP contribution is -2.60. The number of fused-ring (bicyclic) bond motifs is 3. The Morgan fingerprint density at radius 1 is 0.905 bits per heavy atom. The maximum atomic E-state index is 14.8. The summed E-state index contributed by atoms with van der Waals surface area (Å²) in [6.07, 6.45) is -20.3. The van der Waals surface area contributed by atoms with Gasteiger partial charge in [-0.15, -0.1) is 0 Å². The lowest BCUT2D eigenvalue weighted by atomic mass is 9.76. The van der Waals surface area contributed by atoms with Crippen molar-refractivity contribution in [3.05, 3.63) is 65.0 Å². The van der Waals surface area contributed by atoms with E-state index in [1.165, 1.54) is 0 Å². The molecule has 0 unspecified atom stereocenters. The van der Waals surface area contributed by atoms with Crippen LogP contribution in [0.5, 0.6) is 0 Å². The van der Waals surface area contributed by atoms with Crippen LogP contribution in [0.1, 0.15) is 36.5 Å². The first kappa shape index (κ1) is 32.0. The minimum atomic E-state index is -6.48.